The summed E-state index contributed by atoms with van der Waals surface area (Å²) in [5.41, 5.74) is 1.04. The maximum atomic E-state index is 12.7. The van der Waals surface area contributed by atoms with E-state index in [1.54, 1.807) is 4.90 Å². The fraction of sp³-hybridized carbons (Fsp3) is 0.704. The highest BCUT2D eigenvalue weighted by molar-refractivity contribution is 5.89. The molecule has 0 aromatic carbocycles. The number of nitrogens with zero attached hydrogens (tertiary/aromatic N) is 2. The third-order valence-corrected chi connectivity index (χ3v) is 7.96. The van der Waals surface area contributed by atoms with Gasteiger partial charge in [0.25, 0.3) is 0 Å². The highest BCUT2D eigenvalue weighted by Crippen LogP contribution is 2.29. The number of piperidine rings is 1. The van der Waals surface area contributed by atoms with Gasteiger partial charge in [-0.25, -0.2) is 4.98 Å². The van der Waals surface area contributed by atoms with Gasteiger partial charge >= 0.3 is 0 Å². The van der Waals surface area contributed by atoms with Crippen LogP contribution < -0.4 is 10.6 Å². The van der Waals surface area contributed by atoms with Gasteiger partial charge in [-0.3, -0.25) is 14.4 Å². The first kappa shape index (κ1) is 25.6. The number of rotatable bonds is 9. The molecule has 8 nitrogen and oxygen atoms in total. The van der Waals surface area contributed by atoms with Crippen molar-refractivity contribution in [3.63, 3.8) is 0 Å². The molecule has 0 radical (unpaired) electrons. The van der Waals surface area contributed by atoms with E-state index < -0.39 is 11.6 Å². The molecule has 1 aliphatic carbocycles. The Labute approximate surface area is 208 Å². The maximum absolute atomic E-state index is 12.7. The van der Waals surface area contributed by atoms with Crippen LogP contribution in [-0.2, 0) is 27.2 Å². The number of pyridine rings is 1. The summed E-state index contributed by atoms with van der Waals surface area (Å²) in [6, 6.07) is 3.34. The Kier molecular flexibility index (Phi) is 8.42. The number of amides is 2. The van der Waals surface area contributed by atoms with Gasteiger partial charge in [0.15, 0.2) is 5.78 Å². The van der Waals surface area contributed by atoms with E-state index in [-0.39, 0.29) is 23.5 Å². The first-order valence-corrected chi connectivity index (χ1v) is 13.4. The molecular weight excluding hydrogens is 444 g/mol. The number of Topliss-reactive ketones (excluding diaryl/α,β-unsaturated/α-hetero) is 1. The summed E-state index contributed by atoms with van der Waals surface area (Å²) in [6.45, 7) is 3.19. The van der Waals surface area contributed by atoms with Gasteiger partial charge < -0.3 is 20.6 Å². The molecule has 0 bridgehead atoms. The van der Waals surface area contributed by atoms with Crippen LogP contribution in [-0.4, -0.2) is 63.9 Å². The molecule has 1 aromatic rings. The minimum absolute atomic E-state index is 0.0603. The topological polar surface area (TPSA) is 112 Å². The molecule has 2 fully saturated rings. The minimum Gasteiger partial charge on any atom is -0.387 e. The molecule has 1 saturated heterocycles. The number of aliphatic hydroxyl groups is 1. The Morgan fingerprint density at radius 1 is 1.17 bits per heavy atom. The summed E-state index contributed by atoms with van der Waals surface area (Å²) in [7, 11) is 0. The molecule has 0 spiro atoms. The average molecular weight is 485 g/mol. The van der Waals surface area contributed by atoms with Crippen LogP contribution in [0, 0.1) is 5.92 Å². The Hall–Kier alpha value is -2.48. The lowest BCUT2D eigenvalue weighted by Crippen LogP contribution is -2.61. The Balaban J connectivity index is 1.21. The third kappa shape index (κ3) is 6.40. The summed E-state index contributed by atoms with van der Waals surface area (Å²) in [5, 5.41) is 17.4. The molecule has 1 unspecified atom stereocenters. The number of carbonyl (C=O) groups excluding carboxylic acids is 3. The molecule has 2 amide bonds. The van der Waals surface area contributed by atoms with Crippen molar-refractivity contribution >= 4 is 23.4 Å². The number of aryl methyl sites for hydroxylation is 2. The van der Waals surface area contributed by atoms with Crippen molar-refractivity contribution in [1.82, 2.24) is 15.2 Å². The first-order valence-electron chi connectivity index (χ1n) is 13.4. The van der Waals surface area contributed by atoms with E-state index in [0.29, 0.717) is 32.4 Å². The normalized spacial score (nSPS) is 20.6. The number of nitrogens with one attached hydrogen (secondary N) is 2. The van der Waals surface area contributed by atoms with Gasteiger partial charge in [-0.1, -0.05) is 18.9 Å². The van der Waals surface area contributed by atoms with Crippen molar-refractivity contribution in [2.24, 2.45) is 5.92 Å². The van der Waals surface area contributed by atoms with Crippen LogP contribution in [0.15, 0.2) is 12.1 Å². The van der Waals surface area contributed by atoms with Crippen molar-refractivity contribution in [2.75, 3.05) is 25.0 Å². The minimum atomic E-state index is -1.30. The second kappa shape index (κ2) is 11.5. The molecule has 1 saturated carbocycles. The fourth-order valence-corrected chi connectivity index (χ4v) is 5.74. The number of carbonyl (C=O) groups is 3. The number of hydrogen-bond acceptors (Lipinski definition) is 6. The van der Waals surface area contributed by atoms with E-state index in [2.05, 4.69) is 22.8 Å². The summed E-state index contributed by atoms with van der Waals surface area (Å²) in [5.74, 6) is 0.675. The van der Waals surface area contributed by atoms with E-state index in [0.717, 1.165) is 75.8 Å². The second-order valence-corrected chi connectivity index (χ2v) is 10.6. The van der Waals surface area contributed by atoms with Gasteiger partial charge in [0, 0.05) is 37.7 Å². The molecule has 1 aromatic heterocycles. The predicted molar refractivity (Wildman–Crippen MR) is 134 cm³/mol. The van der Waals surface area contributed by atoms with Gasteiger partial charge in [-0.05, 0) is 76.3 Å². The number of aromatic nitrogens is 1. The predicted octanol–water partition coefficient (Wildman–Crippen LogP) is 2.77. The molecule has 35 heavy (non-hydrogen) atoms. The Morgan fingerprint density at radius 3 is 2.63 bits per heavy atom. The Morgan fingerprint density at radius 2 is 1.91 bits per heavy atom. The van der Waals surface area contributed by atoms with E-state index >= 15 is 0 Å². The number of likely N-dealkylation sites (tertiary alicyclic amines) is 1. The molecule has 3 aliphatic rings. The molecule has 1 atom stereocenters. The van der Waals surface area contributed by atoms with Crippen LogP contribution in [0.1, 0.15) is 82.4 Å². The van der Waals surface area contributed by atoms with E-state index in [1.807, 2.05) is 0 Å². The van der Waals surface area contributed by atoms with Crippen molar-refractivity contribution in [2.45, 2.75) is 95.6 Å². The van der Waals surface area contributed by atoms with E-state index in [1.165, 1.54) is 12.5 Å². The van der Waals surface area contributed by atoms with Crippen molar-refractivity contribution < 1.29 is 19.5 Å². The highest BCUT2D eigenvalue weighted by atomic mass is 16.3. The van der Waals surface area contributed by atoms with Gasteiger partial charge in [-0.2, -0.15) is 0 Å². The molecular formula is C27H40N4O4. The summed E-state index contributed by atoms with van der Waals surface area (Å²) >= 11 is 0. The Bertz CT molecular complexity index is 920. The number of unbranched alkanes of at least 4 members (excludes halogenated alkanes) is 1. The summed E-state index contributed by atoms with van der Waals surface area (Å²) < 4.78 is 0. The SMILES string of the molecule is CC(=O)C(NC(=O)C1CCCC1)C1(O)CCN(C(=O)CCCCc2ccc3c(n2)NCCC3)CC1. The average Bonchev–Trinajstić information content (AvgIpc) is 3.40. The lowest BCUT2D eigenvalue weighted by molar-refractivity contribution is -0.143. The van der Waals surface area contributed by atoms with Crippen molar-refractivity contribution in [3.05, 3.63) is 23.4 Å². The molecule has 192 valence electrons. The van der Waals surface area contributed by atoms with Crippen LogP contribution in [0.5, 0.6) is 0 Å². The first-order chi connectivity index (χ1) is 16.9. The van der Waals surface area contributed by atoms with Gasteiger partial charge in [0.2, 0.25) is 11.8 Å². The number of fused-ring (bicyclic) bond motifs is 1. The zero-order chi connectivity index (χ0) is 24.8. The lowest BCUT2D eigenvalue weighted by Gasteiger charge is -2.42. The van der Waals surface area contributed by atoms with Crippen LogP contribution in [0.3, 0.4) is 0 Å². The third-order valence-electron chi connectivity index (χ3n) is 7.96. The van der Waals surface area contributed by atoms with E-state index in [4.69, 9.17) is 4.98 Å². The largest absolute Gasteiger partial charge is 0.387 e. The standard InChI is InChI=1S/C27H40N4O4/c1-19(32)24(30-26(34)21-7-2-3-8-21)27(35)14-17-31(18-15-27)23(33)11-5-4-10-22-13-12-20-9-6-16-28-25(20)29-22/h12-13,21,24,35H,2-11,14-18H2,1H3,(H,28,29)(H,30,34). The second-order valence-electron chi connectivity index (χ2n) is 10.6. The van der Waals surface area contributed by atoms with Crippen LogP contribution in [0.2, 0.25) is 0 Å². The fourth-order valence-electron chi connectivity index (χ4n) is 5.74. The molecule has 3 heterocycles. The molecule has 3 N–H and O–H groups in total. The van der Waals surface area contributed by atoms with Gasteiger partial charge in [-0.15, -0.1) is 0 Å². The van der Waals surface area contributed by atoms with Crippen LogP contribution in [0.4, 0.5) is 5.82 Å². The number of anilines is 1. The maximum Gasteiger partial charge on any atom is 0.223 e. The van der Waals surface area contributed by atoms with Crippen molar-refractivity contribution in [1.29, 1.82) is 0 Å². The molecule has 2 aliphatic heterocycles. The lowest BCUT2D eigenvalue weighted by atomic mass is 9.82. The summed E-state index contributed by atoms with van der Waals surface area (Å²) in [4.78, 5) is 44.2. The monoisotopic (exact) mass is 484 g/mol. The van der Waals surface area contributed by atoms with Gasteiger partial charge in [0.05, 0.1) is 5.60 Å². The number of ketones is 1. The highest BCUT2D eigenvalue weighted by Gasteiger charge is 2.44. The quantitative estimate of drug-likeness (QED) is 0.465. The van der Waals surface area contributed by atoms with E-state index in [9.17, 15) is 19.5 Å². The summed E-state index contributed by atoms with van der Waals surface area (Å²) in [6.07, 6.45) is 9.57. The zero-order valence-corrected chi connectivity index (χ0v) is 21.0. The van der Waals surface area contributed by atoms with Gasteiger partial charge in [0.1, 0.15) is 11.9 Å². The van der Waals surface area contributed by atoms with Crippen LogP contribution in [0.25, 0.3) is 0 Å². The van der Waals surface area contributed by atoms with Crippen molar-refractivity contribution in [3.8, 4) is 0 Å². The molecule has 4 rings (SSSR count). The number of hydrogen-bond donors (Lipinski definition) is 3. The smallest absolute Gasteiger partial charge is 0.223 e. The van der Waals surface area contributed by atoms with Crippen LogP contribution >= 0.6 is 0 Å². The molecule has 8 heteroatoms. The zero-order valence-electron chi connectivity index (χ0n) is 21.0.